The van der Waals surface area contributed by atoms with E-state index >= 15 is 0 Å². The van der Waals surface area contributed by atoms with Gasteiger partial charge in [-0.3, -0.25) is 4.79 Å². The smallest absolute Gasteiger partial charge is 0.320 e. The normalized spacial score (nSPS) is 12.1. The van der Waals surface area contributed by atoms with Gasteiger partial charge in [-0.05, 0) is 24.1 Å². The van der Waals surface area contributed by atoms with E-state index in [0.717, 1.165) is 5.56 Å². The van der Waals surface area contributed by atoms with Crippen molar-refractivity contribution in [2.24, 2.45) is 5.73 Å². The van der Waals surface area contributed by atoms with Crippen molar-refractivity contribution in [2.45, 2.75) is 12.5 Å². The van der Waals surface area contributed by atoms with Gasteiger partial charge in [0.15, 0.2) is 0 Å². The molecule has 0 fully saturated rings. The largest absolute Gasteiger partial charge is 0.495 e. The molecule has 0 aromatic heterocycles. The number of nitrogen functional groups attached to an aromatic ring is 1. The third-order valence-electron chi connectivity index (χ3n) is 2.07. The molecule has 15 heavy (non-hydrogen) atoms. The predicted octanol–water partition coefficient (Wildman–Crippen LogP) is 0.232. The van der Waals surface area contributed by atoms with Gasteiger partial charge in [0.1, 0.15) is 11.8 Å². The first kappa shape index (κ1) is 11.3. The number of methoxy groups -OCH3 is 1. The number of benzene rings is 1. The summed E-state index contributed by atoms with van der Waals surface area (Å²) < 4.78 is 5.01. The SMILES string of the molecule is COc1cc(C[C@H](N)C(=O)O)ccc1N. The van der Waals surface area contributed by atoms with E-state index in [2.05, 4.69) is 0 Å². The fourth-order valence-electron chi connectivity index (χ4n) is 1.22. The predicted molar refractivity (Wildman–Crippen MR) is 56.7 cm³/mol. The molecule has 0 unspecified atom stereocenters. The second-order valence-corrected chi connectivity index (χ2v) is 3.23. The van der Waals surface area contributed by atoms with Crippen LogP contribution >= 0.6 is 0 Å². The summed E-state index contributed by atoms with van der Waals surface area (Å²) in [4.78, 5) is 10.5. The number of carboxylic acid groups (broad SMARTS) is 1. The lowest BCUT2D eigenvalue weighted by molar-refractivity contribution is -0.138. The van der Waals surface area contributed by atoms with E-state index in [0.29, 0.717) is 11.4 Å². The highest BCUT2D eigenvalue weighted by atomic mass is 16.5. The summed E-state index contributed by atoms with van der Waals surface area (Å²) >= 11 is 0. The van der Waals surface area contributed by atoms with Crippen LogP contribution in [-0.4, -0.2) is 24.2 Å². The lowest BCUT2D eigenvalue weighted by atomic mass is 10.1. The van der Waals surface area contributed by atoms with Gasteiger partial charge in [0.25, 0.3) is 0 Å². The molecule has 0 aliphatic carbocycles. The van der Waals surface area contributed by atoms with Crippen LogP contribution in [0.3, 0.4) is 0 Å². The molecule has 0 amide bonds. The van der Waals surface area contributed by atoms with Crippen molar-refractivity contribution in [3.8, 4) is 5.75 Å². The molecule has 0 saturated carbocycles. The standard InChI is InChI=1S/C10H14N2O3/c1-15-9-5-6(2-3-7(9)11)4-8(12)10(13)14/h2-3,5,8H,4,11-12H2,1H3,(H,13,14)/t8-/m0/s1. The summed E-state index contributed by atoms with van der Waals surface area (Å²) in [6.45, 7) is 0. The first-order valence-corrected chi connectivity index (χ1v) is 4.45. The maximum absolute atomic E-state index is 10.5. The third kappa shape index (κ3) is 2.85. The zero-order valence-corrected chi connectivity index (χ0v) is 8.43. The number of ether oxygens (including phenoxy) is 1. The second-order valence-electron chi connectivity index (χ2n) is 3.23. The number of carbonyl (C=O) groups is 1. The van der Waals surface area contributed by atoms with Crippen LogP contribution in [0.4, 0.5) is 5.69 Å². The van der Waals surface area contributed by atoms with Crippen molar-refractivity contribution in [3.63, 3.8) is 0 Å². The van der Waals surface area contributed by atoms with Gasteiger partial charge in [-0.25, -0.2) is 0 Å². The molecule has 0 radical (unpaired) electrons. The van der Waals surface area contributed by atoms with Gasteiger partial charge in [-0.1, -0.05) is 6.07 Å². The topological polar surface area (TPSA) is 98.6 Å². The minimum atomic E-state index is -1.02. The summed E-state index contributed by atoms with van der Waals surface area (Å²) in [6, 6.07) is 4.19. The van der Waals surface area contributed by atoms with Gasteiger partial charge in [0.05, 0.1) is 12.8 Å². The maximum Gasteiger partial charge on any atom is 0.320 e. The van der Waals surface area contributed by atoms with Crippen LogP contribution < -0.4 is 16.2 Å². The molecular weight excluding hydrogens is 196 g/mol. The lowest BCUT2D eigenvalue weighted by Gasteiger charge is -2.09. The van der Waals surface area contributed by atoms with E-state index in [1.165, 1.54) is 7.11 Å². The number of anilines is 1. The molecule has 1 atom stereocenters. The van der Waals surface area contributed by atoms with Crippen molar-refractivity contribution >= 4 is 11.7 Å². The van der Waals surface area contributed by atoms with E-state index in [1.54, 1.807) is 18.2 Å². The van der Waals surface area contributed by atoms with Gasteiger partial charge >= 0.3 is 5.97 Å². The Balaban J connectivity index is 2.83. The Hall–Kier alpha value is -1.75. The van der Waals surface area contributed by atoms with Gasteiger partial charge in [-0.2, -0.15) is 0 Å². The van der Waals surface area contributed by atoms with E-state index in [9.17, 15) is 4.79 Å². The minimum absolute atomic E-state index is 0.256. The maximum atomic E-state index is 10.5. The summed E-state index contributed by atoms with van der Waals surface area (Å²) in [5.41, 5.74) is 12.3. The Bertz CT molecular complexity index is 366. The van der Waals surface area contributed by atoms with Crippen LogP contribution in [0.15, 0.2) is 18.2 Å². The number of rotatable bonds is 4. The van der Waals surface area contributed by atoms with E-state index in [4.69, 9.17) is 21.3 Å². The van der Waals surface area contributed by atoms with Crippen LogP contribution in [0.2, 0.25) is 0 Å². The Labute approximate surface area is 87.6 Å². The van der Waals surface area contributed by atoms with Crippen LogP contribution in [0.5, 0.6) is 5.75 Å². The van der Waals surface area contributed by atoms with E-state index in [1.807, 2.05) is 0 Å². The number of hydrogen-bond donors (Lipinski definition) is 3. The quantitative estimate of drug-likeness (QED) is 0.618. The summed E-state index contributed by atoms with van der Waals surface area (Å²) in [5.74, 6) is -0.490. The lowest BCUT2D eigenvalue weighted by Crippen LogP contribution is -2.32. The monoisotopic (exact) mass is 210 g/mol. The molecule has 82 valence electrons. The summed E-state index contributed by atoms with van der Waals surface area (Å²) in [7, 11) is 1.51. The van der Waals surface area contributed by atoms with Crippen LogP contribution in [0.1, 0.15) is 5.56 Å². The Morgan fingerprint density at radius 2 is 2.27 bits per heavy atom. The third-order valence-corrected chi connectivity index (χ3v) is 2.07. The average Bonchev–Trinajstić information content (AvgIpc) is 2.20. The first-order valence-electron chi connectivity index (χ1n) is 4.45. The Kier molecular flexibility index (Phi) is 3.51. The van der Waals surface area contributed by atoms with Crippen molar-refractivity contribution in [3.05, 3.63) is 23.8 Å². The van der Waals surface area contributed by atoms with Crippen molar-refractivity contribution in [1.29, 1.82) is 0 Å². The molecule has 1 rings (SSSR count). The first-order chi connectivity index (χ1) is 7.04. The van der Waals surface area contributed by atoms with Crippen LogP contribution in [0.25, 0.3) is 0 Å². The Morgan fingerprint density at radius 1 is 1.60 bits per heavy atom. The molecule has 5 heteroatoms. The van der Waals surface area contributed by atoms with Crippen molar-refractivity contribution < 1.29 is 14.6 Å². The molecular formula is C10H14N2O3. The zero-order valence-electron chi connectivity index (χ0n) is 8.43. The van der Waals surface area contributed by atoms with Crippen molar-refractivity contribution in [2.75, 3.05) is 12.8 Å². The van der Waals surface area contributed by atoms with Crippen molar-refractivity contribution in [1.82, 2.24) is 0 Å². The average molecular weight is 210 g/mol. The van der Waals surface area contributed by atoms with Crippen LogP contribution in [0, 0.1) is 0 Å². The highest BCUT2D eigenvalue weighted by Crippen LogP contribution is 2.22. The number of nitrogens with two attached hydrogens (primary N) is 2. The van der Waals surface area contributed by atoms with E-state index in [-0.39, 0.29) is 6.42 Å². The molecule has 0 saturated heterocycles. The molecule has 0 bridgehead atoms. The highest BCUT2D eigenvalue weighted by molar-refractivity contribution is 5.73. The number of carboxylic acids is 1. The molecule has 0 spiro atoms. The second kappa shape index (κ2) is 4.65. The van der Waals surface area contributed by atoms with Gasteiger partial charge in [0, 0.05) is 0 Å². The van der Waals surface area contributed by atoms with Gasteiger partial charge in [0.2, 0.25) is 0 Å². The fraction of sp³-hybridized carbons (Fsp3) is 0.300. The minimum Gasteiger partial charge on any atom is -0.495 e. The molecule has 0 aliphatic rings. The number of aliphatic carboxylic acids is 1. The van der Waals surface area contributed by atoms with Crippen LogP contribution in [-0.2, 0) is 11.2 Å². The Morgan fingerprint density at radius 3 is 2.80 bits per heavy atom. The molecule has 5 N–H and O–H groups in total. The molecule has 0 aliphatic heterocycles. The van der Waals surface area contributed by atoms with Gasteiger partial charge in [-0.15, -0.1) is 0 Å². The highest BCUT2D eigenvalue weighted by Gasteiger charge is 2.12. The molecule has 5 nitrogen and oxygen atoms in total. The molecule has 1 aromatic carbocycles. The molecule has 0 heterocycles. The summed E-state index contributed by atoms with van der Waals surface area (Å²) in [5, 5.41) is 8.64. The zero-order chi connectivity index (χ0) is 11.4. The van der Waals surface area contributed by atoms with E-state index < -0.39 is 12.0 Å². The molecule has 1 aromatic rings. The van der Waals surface area contributed by atoms with Gasteiger partial charge < -0.3 is 21.3 Å². The fourth-order valence-corrected chi connectivity index (χ4v) is 1.22. The summed E-state index contributed by atoms with van der Waals surface area (Å²) in [6.07, 6.45) is 0.256. The number of hydrogen-bond acceptors (Lipinski definition) is 4.